The summed E-state index contributed by atoms with van der Waals surface area (Å²) in [5.74, 6) is -0.309. The first-order chi connectivity index (χ1) is 11.4. The van der Waals surface area contributed by atoms with Crippen LogP contribution >= 0.6 is 23.2 Å². The van der Waals surface area contributed by atoms with E-state index in [1.807, 2.05) is 0 Å². The summed E-state index contributed by atoms with van der Waals surface area (Å²) in [6.45, 7) is 0.439. The molecule has 0 saturated carbocycles. The number of hydrogen-bond acceptors (Lipinski definition) is 3. The van der Waals surface area contributed by atoms with Crippen LogP contribution in [0.1, 0.15) is 18.4 Å². The van der Waals surface area contributed by atoms with E-state index in [2.05, 4.69) is 4.98 Å². The smallest absolute Gasteiger partial charge is 0.242 e. The van der Waals surface area contributed by atoms with Gasteiger partial charge in [0, 0.05) is 18.8 Å². The molecule has 1 aromatic heterocycles. The molecular weight excluding hydrogens is 374 g/mol. The van der Waals surface area contributed by atoms with E-state index in [0.29, 0.717) is 13.0 Å². The molecular formula is C16H15Cl2FN2O2S. The van der Waals surface area contributed by atoms with Crippen molar-refractivity contribution in [1.82, 2.24) is 9.29 Å². The minimum absolute atomic E-state index is 0.0305. The Kier molecular flexibility index (Phi) is 5.11. The maximum atomic E-state index is 13.0. The fourth-order valence-corrected chi connectivity index (χ4v) is 4.90. The van der Waals surface area contributed by atoms with Crippen molar-refractivity contribution in [2.24, 2.45) is 0 Å². The summed E-state index contributed by atoms with van der Waals surface area (Å²) in [5.41, 5.74) is 0.899. The van der Waals surface area contributed by atoms with Crippen molar-refractivity contribution in [3.63, 3.8) is 0 Å². The fourth-order valence-electron chi connectivity index (χ4n) is 2.90. The Balaban J connectivity index is 1.85. The Morgan fingerprint density at radius 3 is 2.62 bits per heavy atom. The van der Waals surface area contributed by atoms with Crippen LogP contribution in [-0.4, -0.2) is 30.3 Å². The summed E-state index contributed by atoms with van der Waals surface area (Å²) in [4.78, 5) is 3.85. The van der Waals surface area contributed by atoms with E-state index >= 15 is 0 Å². The third kappa shape index (κ3) is 3.57. The molecule has 0 aliphatic carbocycles. The van der Waals surface area contributed by atoms with E-state index in [0.717, 1.165) is 18.4 Å². The van der Waals surface area contributed by atoms with E-state index in [1.54, 1.807) is 12.1 Å². The summed E-state index contributed by atoms with van der Waals surface area (Å²) >= 11 is 11.7. The van der Waals surface area contributed by atoms with Crippen LogP contribution in [0.4, 0.5) is 4.39 Å². The summed E-state index contributed by atoms with van der Waals surface area (Å²) < 4.78 is 40.2. The molecule has 1 aromatic carbocycles. The number of nitrogens with zero attached hydrogens (tertiary/aromatic N) is 2. The molecule has 8 heteroatoms. The van der Waals surface area contributed by atoms with Crippen molar-refractivity contribution in [1.29, 1.82) is 0 Å². The van der Waals surface area contributed by atoms with Crippen LogP contribution in [0.5, 0.6) is 0 Å². The fraction of sp³-hybridized carbons (Fsp3) is 0.312. The van der Waals surface area contributed by atoms with Crippen molar-refractivity contribution in [3.05, 3.63) is 58.1 Å². The van der Waals surface area contributed by atoms with Crippen LogP contribution in [-0.2, 0) is 16.4 Å². The molecule has 1 aliphatic heterocycles. The van der Waals surface area contributed by atoms with Crippen LogP contribution in [0.15, 0.2) is 41.4 Å². The molecule has 24 heavy (non-hydrogen) atoms. The zero-order valence-corrected chi connectivity index (χ0v) is 15.0. The summed E-state index contributed by atoms with van der Waals surface area (Å²) in [7, 11) is -3.70. The number of rotatable bonds is 4. The first-order valence-corrected chi connectivity index (χ1v) is 9.65. The number of hydrogen-bond donors (Lipinski definition) is 0. The number of benzene rings is 1. The van der Waals surface area contributed by atoms with E-state index in [4.69, 9.17) is 23.2 Å². The van der Waals surface area contributed by atoms with Crippen molar-refractivity contribution in [2.45, 2.75) is 30.2 Å². The molecule has 0 spiro atoms. The lowest BCUT2D eigenvalue weighted by Crippen LogP contribution is -2.36. The minimum atomic E-state index is -3.70. The average Bonchev–Trinajstić information content (AvgIpc) is 3.01. The van der Waals surface area contributed by atoms with Gasteiger partial charge in [0.15, 0.2) is 0 Å². The van der Waals surface area contributed by atoms with E-state index < -0.39 is 10.0 Å². The molecule has 0 amide bonds. The molecule has 0 radical (unpaired) electrons. The molecule has 128 valence electrons. The Labute approximate surface area is 150 Å². The molecule has 1 atom stereocenters. The molecule has 0 N–H and O–H groups in total. The van der Waals surface area contributed by atoms with Gasteiger partial charge in [0.25, 0.3) is 0 Å². The normalized spacial score (nSPS) is 18.9. The highest BCUT2D eigenvalue weighted by Gasteiger charge is 2.35. The molecule has 1 fully saturated rings. The number of sulfonamides is 1. The second-order valence-electron chi connectivity index (χ2n) is 5.69. The van der Waals surface area contributed by atoms with Gasteiger partial charge in [-0.2, -0.15) is 4.31 Å². The van der Waals surface area contributed by atoms with Gasteiger partial charge in [-0.15, -0.1) is 0 Å². The zero-order chi connectivity index (χ0) is 17.3. The van der Waals surface area contributed by atoms with Gasteiger partial charge < -0.3 is 0 Å². The first-order valence-electron chi connectivity index (χ1n) is 7.45. The van der Waals surface area contributed by atoms with E-state index in [9.17, 15) is 12.8 Å². The highest BCUT2D eigenvalue weighted by molar-refractivity contribution is 7.89. The molecule has 4 nitrogen and oxygen atoms in total. The maximum Gasteiger partial charge on any atom is 0.244 e. The number of halogens is 3. The third-order valence-corrected chi connectivity index (χ3v) is 6.69. The zero-order valence-electron chi connectivity index (χ0n) is 12.6. The Morgan fingerprint density at radius 2 is 1.96 bits per heavy atom. The second kappa shape index (κ2) is 6.96. The van der Waals surface area contributed by atoms with Gasteiger partial charge in [0.05, 0.1) is 5.02 Å². The van der Waals surface area contributed by atoms with Crippen LogP contribution < -0.4 is 0 Å². The van der Waals surface area contributed by atoms with Gasteiger partial charge in [0.2, 0.25) is 10.0 Å². The van der Waals surface area contributed by atoms with Gasteiger partial charge in [-0.3, -0.25) is 0 Å². The van der Waals surface area contributed by atoms with E-state index in [-0.39, 0.29) is 26.9 Å². The summed E-state index contributed by atoms with van der Waals surface area (Å²) in [6, 6.07) is 7.27. The van der Waals surface area contributed by atoms with E-state index in [1.165, 1.54) is 28.7 Å². The second-order valence-corrected chi connectivity index (χ2v) is 8.34. The highest BCUT2D eigenvalue weighted by Crippen LogP contribution is 2.30. The predicted molar refractivity (Wildman–Crippen MR) is 91.3 cm³/mol. The lowest BCUT2D eigenvalue weighted by molar-refractivity contribution is 0.385. The topological polar surface area (TPSA) is 50.3 Å². The summed E-state index contributed by atoms with van der Waals surface area (Å²) in [6.07, 6.45) is 3.29. The Morgan fingerprint density at radius 1 is 1.25 bits per heavy atom. The standard InChI is InChI=1S/C16H15Cl2FN2O2S/c17-15-9-14(10-20-16(15)18)24(22,23)21-7-1-2-13(21)8-11-3-5-12(19)6-4-11/h3-6,9-10,13H,1-2,7-8H2. The van der Waals surface area contributed by atoms with Crippen LogP contribution in [0.25, 0.3) is 0 Å². The van der Waals surface area contributed by atoms with Gasteiger partial charge in [0.1, 0.15) is 15.9 Å². The molecule has 1 unspecified atom stereocenters. The van der Waals surface area contributed by atoms with Gasteiger partial charge in [-0.05, 0) is 43.0 Å². The molecule has 2 aromatic rings. The summed E-state index contributed by atoms with van der Waals surface area (Å²) in [5, 5.41) is 0.173. The van der Waals surface area contributed by atoms with Gasteiger partial charge in [-0.25, -0.2) is 17.8 Å². The van der Waals surface area contributed by atoms with Crippen molar-refractivity contribution in [3.8, 4) is 0 Å². The molecule has 3 rings (SSSR count). The van der Waals surface area contributed by atoms with Crippen LogP contribution in [0.3, 0.4) is 0 Å². The van der Waals surface area contributed by atoms with Crippen molar-refractivity contribution < 1.29 is 12.8 Å². The van der Waals surface area contributed by atoms with Crippen molar-refractivity contribution in [2.75, 3.05) is 6.54 Å². The Bertz CT molecular complexity index is 844. The SMILES string of the molecule is O=S(=O)(c1cnc(Cl)c(Cl)c1)N1CCCC1Cc1ccc(F)cc1. The predicted octanol–water partition coefficient (Wildman–Crippen LogP) is 3.92. The average molecular weight is 389 g/mol. The third-order valence-electron chi connectivity index (χ3n) is 4.09. The lowest BCUT2D eigenvalue weighted by Gasteiger charge is -2.24. The van der Waals surface area contributed by atoms with Crippen LogP contribution in [0.2, 0.25) is 10.2 Å². The first kappa shape index (κ1) is 17.6. The monoisotopic (exact) mass is 388 g/mol. The number of pyridine rings is 1. The minimum Gasteiger partial charge on any atom is -0.242 e. The van der Waals surface area contributed by atoms with Gasteiger partial charge >= 0.3 is 0 Å². The largest absolute Gasteiger partial charge is 0.244 e. The molecule has 1 saturated heterocycles. The molecule has 2 heterocycles. The Hall–Kier alpha value is -1.21. The van der Waals surface area contributed by atoms with Gasteiger partial charge in [-0.1, -0.05) is 35.3 Å². The lowest BCUT2D eigenvalue weighted by atomic mass is 10.0. The van der Waals surface area contributed by atoms with Crippen molar-refractivity contribution >= 4 is 33.2 Å². The maximum absolute atomic E-state index is 13.0. The number of aromatic nitrogens is 1. The quantitative estimate of drug-likeness (QED) is 0.745. The highest BCUT2D eigenvalue weighted by atomic mass is 35.5. The van der Waals surface area contributed by atoms with Crippen LogP contribution in [0, 0.1) is 5.82 Å². The molecule has 1 aliphatic rings. The molecule has 0 bridgehead atoms.